The minimum atomic E-state index is -0.266. The normalized spacial score (nSPS) is 13.4. The van der Waals surface area contributed by atoms with E-state index < -0.39 is 0 Å². The molecule has 0 saturated carbocycles. The quantitative estimate of drug-likeness (QED) is 0.886. The zero-order chi connectivity index (χ0) is 14.6. The van der Waals surface area contributed by atoms with Crippen molar-refractivity contribution < 1.29 is 9.18 Å². The molecule has 0 fully saturated rings. The summed E-state index contributed by atoms with van der Waals surface area (Å²) in [5.41, 5.74) is 7.83. The molecule has 0 aromatic heterocycles. The zero-order valence-corrected chi connectivity index (χ0v) is 12.3. The van der Waals surface area contributed by atoms with Crippen molar-refractivity contribution in [1.29, 1.82) is 0 Å². The maximum atomic E-state index is 13.0. The fourth-order valence-corrected chi connectivity index (χ4v) is 2.29. The highest BCUT2D eigenvalue weighted by atomic mass is 19.1. The van der Waals surface area contributed by atoms with Crippen LogP contribution >= 0.6 is 0 Å². The Morgan fingerprint density at radius 1 is 1.37 bits per heavy atom. The van der Waals surface area contributed by atoms with Crippen molar-refractivity contribution in [2.45, 2.75) is 53.0 Å². The van der Waals surface area contributed by atoms with Gasteiger partial charge in [-0.25, -0.2) is 4.39 Å². The van der Waals surface area contributed by atoms with Crippen LogP contribution in [-0.4, -0.2) is 11.8 Å². The van der Waals surface area contributed by atoms with Crippen LogP contribution < -0.4 is 5.73 Å². The Hall–Kier alpha value is -1.22. The van der Waals surface area contributed by atoms with Crippen LogP contribution in [0, 0.1) is 18.2 Å². The second-order valence-electron chi connectivity index (χ2n) is 6.52. The standard InChI is InChI=1S/C16H24FNO/c1-11-7-13(17)6-5-12(11)8-15(19)9-14(18)10-16(2,3)4/h5-7,14H,8-10,18H2,1-4H3. The third-order valence-electron chi connectivity index (χ3n) is 3.06. The van der Waals surface area contributed by atoms with Gasteiger partial charge in [-0.2, -0.15) is 0 Å². The molecule has 0 bridgehead atoms. The Morgan fingerprint density at radius 2 is 2.00 bits per heavy atom. The van der Waals surface area contributed by atoms with E-state index in [4.69, 9.17) is 5.73 Å². The minimum absolute atomic E-state index is 0.103. The fraction of sp³-hybridized carbons (Fsp3) is 0.562. The highest BCUT2D eigenvalue weighted by Crippen LogP contribution is 2.21. The first-order valence-corrected chi connectivity index (χ1v) is 6.70. The van der Waals surface area contributed by atoms with Crippen molar-refractivity contribution in [3.05, 3.63) is 35.1 Å². The van der Waals surface area contributed by atoms with Crippen LogP contribution in [0.1, 0.15) is 44.7 Å². The molecule has 3 heteroatoms. The second kappa shape index (κ2) is 6.29. The second-order valence-corrected chi connectivity index (χ2v) is 6.52. The van der Waals surface area contributed by atoms with Gasteiger partial charge in [-0.3, -0.25) is 4.79 Å². The van der Waals surface area contributed by atoms with Gasteiger partial charge in [-0.15, -0.1) is 0 Å². The molecular formula is C16H24FNO. The molecule has 2 nitrogen and oxygen atoms in total. The van der Waals surface area contributed by atoms with Gasteiger partial charge in [0, 0.05) is 18.9 Å². The molecule has 1 rings (SSSR count). The molecule has 0 saturated heterocycles. The van der Waals surface area contributed by atoms with Crippen molar-refractivity contribution in [2.24, 2.45) is 11.1 Å². The van der Waals surface area contributed by atoms with E-state index in [-0.39, 0.29) is 23.1 Å². The van der Waals surface area contributed by atoms with Gasteiger partial charge in [0.2, 0.25) is 0 Å². The van der Waals surface area contributed by atoms with Gasteiger partial charge in [0.25, 0.3) is 0 Å². The molecule has 0 spiro atoms. The number of rotatable bonds is 5. The maximum absolute atomic E-state index is 13.0. The van der Waals surface area contributed by atoms with Crippen molar-refractivity contribution >= 4 is 5.78 Å². The lowest BCUT2D eigenvalue weighted by molar-refractivity contribution is -0.118. The van der Waals surface area contributed by atoms with Crippen molar-refractivity contribution in [3.63, 3.8) is 0 Å². The zero-order valence-electron chi connectivity index (χ0n) is 12.3. The average molecular weight is 265 g/mol. The molecule has 0 aliphatic heterocycles. The van der Waals surface area contributed by atoms with Crippen LogP contribution in [0.25, 0.3) is 0 Å². The molecule has 2 N–H and O–H groups in total. The van der Waals surface area contributed by atoms with E-state index in [0.29, 0.717) is 12.8 Å². The predicted molar refractivity (Wildman–Crippen MR) is 76.5 cm³/mol. The van der Waals surface area contributed by atoms with Gasteiger partial charge >= 0.3 is 0 Å². The summed E-state index contributed by atoms with van der Waals surface area (Å²) in [6, 6.07) is 4.42. The van der Waals surface area contributed by atoms with E-state index in [1.54, 1.807) is 6.07 Å². The number of carbonyl (C=O) groups excluding carboxylic acids is 1. The lowest BCUT2D eigenvalue weighted by Crippen LogP contribution is -2.29. The topological polar surface area (TPSA) is 43.1 Å². The van der Waals surface area contributed by atoms with E-state index in [1.807, 2.05) is 6.92 Å². The molecule has 0 aliphatic carbocycles. The number of aryl methyl sites for hydroxylation is 1. The lowest BCUT2D eigenvalue weighted by Gasteiger charge is -2.22. The molecule has 0 aliphatic rings. The van der Waals surface area contributed by atoms with Gasteiger partial charge in [-0.1, -0.05) is 26.8 Å². The van der Waals surface area contributed by atoms with E-state index in [2.05, 4.69) is 20.8 Å². The molecule has 106 valence electrons. The molecule has 1 aromatic rings. The monoisotopic (exact) mass is 265 g/mol. The molecule has 1 unspecified atom stereocenters. The third-order valence-corrected chi connectivity index (χ3v) is 3.06. The Labute approximate surface area is 115 Å². The van der Waals surface area contributed by atoms with Crippen molar-refractivity contribution in [2.75, 3.05) is 0 Å². The highest BCUT2D eigenvalue weighted by molar-refractivity contribution is 5.81. The first-order chi connectivity index (χ1) is 8.67. The number of benzene rings is 1. The number of nitrogens with two attached hydrogens (primary N) is 1. The lowest BCUT2D eigenvalue weighted by atomic mass is 9.86. The molecule has 19 heavy (non-hydrogen) atoms. The van der Waals surface area contributed by atoms with Gasteiger partial charge in [0.05, 0.1) is 0 Å². The highest BCUT2D eigenvalue weighted by Gasteiger charge is 2.18. The van der Waals surface area contributed by atoms with Crippen LogP contribution in [0.2, 0.25) is 0 Å². The number of ketones is 1. The number of hydrogen-bond acceptors (Lipinski definition) is 2. The van der Waals surface area contributed by atoms with Crippen molar-refractivity contribution in [3.8, 4) is 0 Å². The van der Waals surface area contributed by atoms with E-state index in [9.17, 15) is 9.18 Å². The SMILES string of the molecule is Cc1cc(F)ccc1CC(=O)CC(N)CC(C)(C)C. The Morgan fingerprint density at radius 3 is 2.53 bits per heavy atom. The van der Waals surface area contributed by atoms with Crippen LogP contribution in [0.5, 0.6) is 0 Å². The number of halogens is 1. The molecule has 0 amide bonds. The first kappa shape index (κ1) is 15.8. The van der Waals surface area contributed by atoms with Crippen LogP contribution in [-0.2, 0) is 11.2 Å². The van der Waals surface area contributed by atoms with Crippen LogP contribution in [0.3, 0.4) is 0 Å². The summed E-state index contributed by atoms with van der Waals surface area (Å²) in [6.07, 6.45) is 1.54. The molecule has 1 aromatic carbocycles. The first-order valence-electron chi connectivity index (χ1n) is 6.70. The molecule has 0 heterocycles. The van der Waals surface area contributed by atoms with Crippen molar-refractivity contribution in [1.82, 2.24) is 0 Å². The summed E-state index contributed by atoms with van der Waals surface area (Å²) in [7, 11) is 0. The summed E-state index contributed by atoms with van der Waals surface area (Å²) in [5, 5.41) is 0. The minimum Gasteiger partial charge on any atom is -0.327 e. The molecule has 1 atom stereocenters. The Kier molecular flexibility index (Phi) is 5.24. The van der Waals surface area contributed by atoms with Crippen LogP contribution in [0.15, 0.2) is 18.2 Å². The number of carbonyl (C=O) groups is 1. The maximum Gasteiger partial charge on any atom is 0.138 e. The Bertz CT molecular complexity index is 449. The predicted octanol–water partition coefficient (Wildman–Crippen LogP) is 3.40. The third kappa shape index (κ3) is 5.97. The number of Topliss-reactive ketones (excluding diaryl/α,β-unsaturated/α-hetero) is 1. The summed E-state index contributed by atoms with van der Waals surface area (Å²) < 4.78 is 13.0. The van der Waals surface area contributed by atoms with E-state index in [0.717, 1.165) is 17.5 Å². The summed E-state index contributed by atoms with van der Waals surface area (Å²) in [6.45, 7) is 8.16. The summed E-state index contributed by atoms with van der Waals surface area (Å²) in [5.74, 6) is -0.149. The van der Waals surface area contributed by atoms with Crippen LogP contribution in [0.4, 0.5) is 4.39 Å². The summed E-state index contributed by atoms with van der Waals surface area (Å²) in [4.78, 5) is 12.0. The fourth-order valence-electron chi connectivity index (χ4n) is 2.29. The van der Waals surface area contributed by atoms with Gasteiger partial charge < -0.3 is 5.73 Å². The van der Waals surface area contributed by atoms with Gasteiger partial charge in [0.15, 0.2) is 0 Å². The largest absolute Gasteiger partial charge is 0.327 e. The molecule has 0 radical (unpaired) electrons. The average Bonchev–Trinajstić information content (AvgIpc) is 2.19. The Balaban J connectivity index is 2.56. The van der Waals surface area contributed by atoms with Gasteiger partial charge in [-0.05, 0) is 42.0 Å². The van der Waals surface area contributed by atoms with E-state index in [1.165, 1.54) is 12.1 Å². The molecular weight excluding hydrogens is 241 g/mol. The number of hydrogen-bond donors (Lipinski definition) is 1. The van der Waals surface area contributed by atoms with Gasteiger partial charge in [0.1, 0.15) is 11.6 Å². The van der Waals surface area contributed by atoms with E-state index >= 15 is 0 Å². The summed E-state index contributed by atoms with van der Waals surface area (Å²) >= 11 is 0. The smallest absolute Gasteiger partial charge is 0.138 e.